The molecule has 0 bridgehead atoms. The van der Waals surface area contributed by atoms with Gasteiger partial charge in [-0.25, -0.2) is 4.98 Å². The number of rotatable bonds is 2. The van der Waals surface area contributed by atoms with Gasteiger partial charge in [-0.15, -0.1) is 0 Å². The number of halogens is 2. The van der Waals surface area contributed by atoms with Crippen LogP contribution in [-0.2, 0) is 0 Å². The smallest absolute Gasteiger partial charge is 0.137 e. The van der Waals surface area contributed by atoms with Crippen molar-refractivity contribution in [1.29, 1.82) is 0 Å². The third-order valence-corrected chi connectivity index (χ3v) is 5.28. The highest BCUT2D eigenvalue weighted by Crippen LogP contribution is 2.31. The molecular formula is C14H10I2N2S. The lowest BCUT2D eigenvalue weighted by Crippen LogP contribution is -1.88. The first-order valence-electron chi connectivity index (χ1n) is 5.71. The van der Waals surface area contributed by atoms with Crippen molar-refractivity contribution in [1.82, 2.24) is 9.38 Å². The van der Waals surface area contributed by atoms with E-state index in [0.29, 0.717) is 0 Å². The summed E-state index contributed by atoms with van der Waals surface area (Å²) < 4.78 is 4.64. The molecule has 0 radical (unpaired) electrons. The Morgan fingerprint density at radius 1 is 1.00 bits per heavy atom. The van der Waals surface area contributed by atoms with Crippen LogP contribution in [-0.4, -0.2) is 9.38 Å². The van der Waals surface area contributed by atoms with Gasteiger partial charge in [0.2, 0.25) is 0 Å². The Hall–Kier alpha value is -0.280. The topological polar surface area (TPSA) is 17.3 Å². The van der Waals surface area contributed by atoms with Gasteiger partial charge in [-0.05, 0) is 88.5 Å². The monoisotopic (exact) mass is 492 g/mol. The van der Waals surface area contributed by atoms with Crippen molar-refractivity contribution in [3.8, 4) is 0 Å². The van der Waals surface area contributed by atoms with E-state index < -0.39 is 0 Å². The molecule has 5 heteroatoms. The van der Waals surface area contributed by atoms with E-state index in [2.05, 4.69) is 104 Å². The third-order valence-electron chi connectivity index (χ3n) is 2.73. The Morgan fingerprint density at radius 2 is 1.68 bits per heavy atom. The zero-order valence-corrected chi connectivity index (χ0v) is 15.2. The minimum absolute atomic E-state index is 1.01. The number of aryl methyl sites for hydroxylation is 1. The molecule has 0 aliphatic carbocycles. The minimum Gasteiger partial charge on any atom is -0.293 e. The van der Waals surface area contributed by atoms with E-state index in [0.717, 1.165) is 11.3 Å². The van der Waals surface area contributed by atoms with E-state index in [9.17, 15) is 0 Å². The van der Waals surface area contributed by atoms with Crippen molar-refractivity contribution >= 4 is 62.6 Å². The van der Waals surface area contributed by atoms with Gasteiger partial charge in [-0.1, -0.05) is 11.8 Å². The van der Waals surface area contributed by atoms with Crippen molar-refractivity contribution in [2.24, 2.45) is 0 Å². The standard InChI is InChI=1S/C14H10I2N2S/c1-9-14(19-12-5-2-10(15)3-6-12)18-8-11(16)4-7-13(18)17-9/h2-8H,1H3. The summed E-state index contributed by atoms with van der Waals surface area (Å²) in [6.07, 6.45) is 2.13. The first-order valence-corrected chi connectivity index (χ1v) is 8.68. The highest BCUT2D eigenvalue weighted by molar-refractivity contribution is 14.1. The molecule has 0 amide bonds. The second-order valence-corrected chi connectivity index (χ2v) is 7.69. The molecule has 0 fully saturated rings. The molecule has 96 valence electrons. The Bertz CT molecular complexity index is 735. The molecule has 2 aromatic heterocycles. The molecule has 0 aliphatic heterocycles. The molecular weight excluding hydrogens is 482 g/mol. The highest BCUT2D eigenvalue weighted by Gasteiger charge is 2.10. The number of nitrogens with zero attached hydrogens (tertiary/aromatic N) is 2. The first-order chi connectivity index (χ1) is 9.13. The van der Waals surface area contributed by atoms with Gasteiger partial charge in [-0.3, -0.25) is 4.40 Å². The second kappa shape index (κ2) is 5.61. The Kier molecular flexibility index (Phi) is 4.04. The molecule has 0 saturated heterocycles. The predicted octanol–water partition coefficient (Wildman–Crippen LogP) is 5.00. The fourth-order valence-corrected chi connectivity index (χ4v) is 3.60. The van der Waals surface area contributed by atoms with Crippen LogP contribution in [0.25, 0.3) is 5.65 Å². The number of aromatic nitrogens is 2. The Balaban J connectivity index is 2.06. The number of hydrogen-bond donors (Lipinski definition) is 0. The second-order valence-electron chi connectivity index (χ2n) is 4.13. The van der Waals surface area contributed by atoms with Crippen molar-refractivity contribution < 1.29 is 0 Å². The number of imidazole rings is 1. The number of hydrogen-bond acceptors (Lipinski definition) is 2. The minimum atomic E-state index is 1.01. The average Bonchev–Trinajstić information content (AvgIpc) is 2.69. The van der Waals surface area contributed by atoms with Gasteiger partial charge in [0.1, 0.15) is 10.7 Å². The number of fused-ring (bicyclic) bond motifs is 1. The molecule has 0 atom stereocenters. The first kappa shape index (κ1) is 13.7. The quantitative estimate of drug-likeness (QED) is 0.469. The van der Waals surface area contributed by atoms with Crippen LogP contribution in [0.2, 0.25) is 0 Å². The van der Waals surface area contributed by atoms with E-state index in [1.165, 1.54) is 17.1 Å². The van der Waals surface area contributed by atoms with Crippen LogP contribution in [0, 0.1) is 14.1 Å². The summed E-state index contributed by atoms with van der Waals surface area (Å²) >= 11 is 6.42. The summed E-state index contributed by atoms with van der Waals surface area (Å²) in [5.41, 5.74) is 2.08. The summed E-state index contributed by atoms with van der Waals surface area (Å²) in [4.78, 5) is 5.85. The van der Waals surface area contributed by atoms with E-state index in [1.807, 2.05) is 0 Å². The fourth-order valence-electron chi connectivity index (χ4n) is 1.85. The van der Waals surface area contributed by atoms with Crippen molar-refractivity contribution in [3.05, 3.63) is 55.4 Å². The molecule has 0 spiro atoms. The molecule has 1 aromatic carbocycles. The van der Waals surface area contributed by atoms with Crippen molar-refractivity contribution in [2.45, 2.75) is 16.8 Å². The van der Waals surface area contributed by atoms with Gasteiger partial charge in [0.25, 0.3) is 0 Å². The third kappa shape index (κ3) is 2.92. The van der Waals surface area contributed by atoms with E-state index >= 15 is 0 Å². The Morgan fingerprint density at radius 3 is 2.42 bits per heavy atom. The lowest BCUT2D eigenvalue weighted by molar-refractivity contribution is 1.02. The van der Waals surface area contributed by atoms with Crippen LogP contribution in [0.1, 0.15) is 5.69 Å². The summed E-state index contributed by atoms with van der Waals surface area (Å²) in [5, 5.41) is 1.19. The SMILES string of the molecule is Cc1nc2ccc(I)cn2c1Sc1ccc(I)cc1. The molecule has 3 rings (SSSR count). The largest absolute Gasteiger partial charge is 0.293 e. The Labute approximate surface area is 143 Å². The van der Waals surface area contributed by atoms with E-state index in [4.69, 9.17) is 0 Å². The van der Waals surface area contributed by atoms with Gasteiger partial charge in [0.05, 0.1) is 5.69 Å². The van der Waals surface area contributed by atoms with Gasteiger partial charge < -0.3 is 0 Å². The lowest BCUT2D eigenvalue weighted by atomic mass is 10.4. The maximum Gasteiger partial charge on any atom is 0.137 e. The summed E-state index contributed by atoms with van der Waals surface area (Å²) in [6, 6.07) is 12.7. The zero-order valence-electron chi connectivity index (χ0n) is 10.1. The lowest BCUT2D eigenvalue weighted by Gasteiger charge is -2.04. The summed E-state index contributed by atoms with van der Waals surface area (Å²) in [6.45, 7) is 2.06. The van der Waals surface area contributed by atoms with Crippen molar-refractivity contribution in [3.63, 3.8) is 0 Å². The van der Waals surface area contributed by atoms with Gasteiger partial charge >= 0.3 is 0 Å². The zero-order chi connectivity index (χ0) is 13.4. The average molecular weight is 492 g/mol. The van der Waals surface area contributed by atoms with Crippen LogP contribution >= 0.6 is 56.9 Å². The fraction of sp³-hybridized carbons (Fsp3) is 0.0714. The maximum atomic E-state index is 4.61. The molecule has 0 unspecified atom stereocenters. The molecule has 2 heterocycles. The van der Waals surface area contributed by atoms with E-state index in [-0.39, 0.29) is 0 Å². The van der Waals surface area contributed by atoms with E-state index in [1.54, 1.807) is 11.8 Å². The predicted molar refractivity (Wildman–Crippen MR) is 95.9 cm³/mol. The number of pyridine rings is 1. The number of benzene rings is 1. The van der Waals surface area contributed by atoms with Crippen LogP contribution < -0.4 is 0 Å². The molecule has 0 saturated carbocycles. The van der Waals surface area contributed by atoms with Gasteiger partial charge in [0, 0.05) is 18.2 Å². The van der Waals surface area contributed by atoms with Crippen LogP contribution in [0.5, 0.6) is 0 Å². The van der Waals surface area contributed by atoms with Gasteiger partial charge in [0.15, 0.2) is 0 Å². The maximum absolute atomic E-state index is 4.61. The van der Waals surface area contributed by atoms with Crippen LogP contribution in [0.4, 0.5) is 0 Å². The molecule has 3 aromatic rings. The normalized spacial score (nSPS) is 11.1. The molecule has 19 heavy (non-hydrogen) atoms. The molecule has 2 nitrogen and oxygen atoms in total. The van der Waals surface area contributed by atoms with Crippen LogP contribution in [0.15, 0.2) is 52.5 Å². The van der Waals surface area contributed by atoms with Crippen LogP contribution in [0.3, 0.4) is 0 Å². The molecule has 0 aliphatic rings. The van der Waals surface area contributed by atoms with Crippen molar-refractivity contribution in [2.75, 3.05) is 0 Å². The van der Waals surface area contributed by atoms with Gasteiger partial charge in [-0.2, -0.15) is 0 Å². The highest BCUT2D eigenvalue weighted by atomic mass is 127. The summed E-state index contributed by atoms with van der Waals surface area (Å²) in [7, 11) is 0. The molecule has 0 N–H and O–H groups in total. The summed E-state index contributed by atoms with van der Waals surface area (Å²) in [5.74, 6) is 0.